The number of carbonyl (C=O) groups is 1. The van der Waals surface area contributed by atoms with Crippen molar-refractivity contribution in [3.8, 4) is 0 Å². The predicted octanol–water partition coefficient (Wildman–Crippen LogP) is 0.992. The van der Waals surface area contributed by atoms with Gasteiger partial charge in [0.05, 0.1) is 7.11 Å². The number of rotatable bonds is 3. The van der Waals surface area contributed by atoms with Gasteiger partial charge in [-0.2, -0.15) is 0 Å². The van der Waals surface area contributed by atoms with Gasteiger partial charge in [0, 0.05) is 14.0 Å². The van der Waals surface area contributed by atoms with E-state index in [-0.39, 0.29) is 11.2 Å². The number of hydrogen-bond acceptors (Lipinski definition) is 4. The summed E-state index contributed by atoms with van der Waals surface area (Å²) in [5.74, 6) is -0.314. The van der Waals surface area contributed by atoms with Crippen LogP contribution in [0.1, 0.15) is 6.92 Å². The minimum Gasteiger partial charge on any atom is -0.288 e. The monoisotopic (exact) mass is 162 g/mol. The van der Waals surface area contributed by atoms with Crippen LogP contribution in [0.4, 0.5) is 0 Å². The summed E-state index contributed by atoms with van der Waals surface area (Å²) in [6.07, 6.45) is 0. The lowest BCUT2D eigenvalue weighted by Gasteiger charge is -1.81. The molecule has 0 aromatic carbocycles. The molecule has 0 bridgehead atoms. The molecule has 0 amide bonds. The summed E-state index contributed by atoms with van der Waals surface area (Å²) in [4.78, 5) is 14.1. The van der Waals surface area contributed by atoms with Gasteiger partial charge in [-0.1, -0.05) is 0 Å². The van der Waals surface area contributed by atoms with Crippen LogP contribution in [0, 0.1) is 0 Å². The Morgan fingerprint density at radius 3 is 2.20 bits per heavy atom. The lowest BCUT2D eigenvalue weighted by molar-refractivity contribution is -0.110. The van der Waals surface area contributed by atoms with Crippen LogP contribution in [0.15, 0.2) is 4.99 Å². The van der Waals surface area contributed by atoms with Crippen LogP contribution in [-0.2, 0) is 13.9 Å². The molecule has 0 aromatic rings. The Hall–Kier alpha value is -0.600. The van der Waals surface area contributed by atoms with Crippen molar-refractivity contribution in [1.29, 1.82) is 0 Å². The Kier molecular flexibility index (Phi) is 4.00. The second-order valence-electron chi connectivity index (χ2n) is 1.54. The number of hydrogen-bond donors (Lipinski definition) is 0. The first kappa shape index (κ1) is 9.40. The Bertz CT molecular complexity index is 187. The maximum absolute atomic E-state index is 10.8. The molecule has 0 rings (SSSR count). The molecule has 10 heavy (non-hydrogen) atoms. The summed E-state index contributed by atoms with van der Waals surface area (Å²) in [6.45, 7) is 1.30. The van der Waals surface area contributed by atoms with E-state index in [1.54, 1.807) is 0 Å². The van der Waals surface area contributed by atoms with Crippen LogP contribution in [-0.4, -0.2) is 25.4 Å². The Morgan fingerprint density at radius 2 is 2.10 bits per heavy atom. The average molecular weight is 162 g/mol. The van der Waals surface area contributed by atoms with E-state index in [4.69, 9.17) is 0 Å². The molecule has 0 aliphatic carbocycles. The molecule has 0 fully saturated rings. The van der Waals surface area contributed by atoms with Crippen LogP contribution in [0.2, 0.25) is 0 Å². The minimum atomic E-state index is -2.03. The van der Waals surface area contributed by atoms with E-state index in [1.165, 1.54) is 21.1 Å². The van der Waals surface area contributed by atoms with Gasteiger partial charge in [0.2, 0.25) is 5.78 Å². The third-order valence-electron chi connectivity index (χ3n) is 0.865. The molecule has 5 heteroatoms. The highest BCUT2D eigenvalue weighted by molar-refractivity contribution is 7.63. The average Bonchev–Trinajstić information content (AvgIpc) is 1.88. The molecular weight excluding hydrogens is 153 g/mol. The SMILES string of the molecule is CN=C(C(C)=O)[P+](=O)OC. The normalized spacial score (nSPS) is 13.1. The number of nitrogens with zero attached hydrogens (tertiary/aromatic N) is 1. The third-order valence-corrected chi connectivity index (χ3v) is 2.06. The fraction of sp³-hybridized carbons (Fsp3) is 0.600. The fourth-order valence-corrected chi connectivity index (χ4v) is 1.05. The largest absolute Gasteiger partial charge is 0.572 e. The van der Waals surface area contributed by atoms with Crippen molar-refractivity contribution < 1.29 is 13.9 Å². The maximum Gasteiger partial charge on any atom is 0.572 e. The highest BCUT2D eigenvalue weighted by Crippen LogP contribution is 2.22. The summed E-state index contributed by atoms with van der Waals surface area (Å²) < 4.78 is 15.2. The Labute approximate surface area is 60.2 Å². The summed E-state index contributed by atoms with van der Waals surface area (Å²) in [7, 11) is 0.646. The highest BCUT2D eigenvalue weighted by Gasteiger charge is 2.30. The zero-order valence-corrected chi connectivity index (χ0v) is 7.01. The molecule has 0 saturated carbocycles. The summed E-state index contributed by atoms with van der Waals surface area (Å²) in [5, 5.41) is 0. The molecule has 0 heterocycles. The minimum absolute atomic E-state index is 0.00231. The van der Waals surface area contributed by atoms with Gasteiger partial charge in [-0.25, -0.2) is 4.99 Å². The van der Waals surface area contributed by atoms with Crippen molar-refractivity contribution in [3.63, 3.8) is 0 Å². The first-order valence-electron chi connectivity index (χ1n) is 2.62. The van der Waals surface area contributed by atoms with Crippen molar-refractivity contribution in [2.45, 2.75) is 6.92 Å². The van der Waals surface area contributed by atoms with Crippen molar-refractivity contribution in [3.05, 3.63) is 0 Å². The smallest absolute Gasteiger partial charge is 0.288 e. The molecular formula is C5H9NO3P+. The molecule has 0 spiro atoms. The zero-order chi connectivity index (χ0) is 8.15. The predicted molar refractivity (Wildman–Crippen MR) is 38.7 cm³/mol. The van der Waals surface area contributed by atoms with Crippen LogP contribution < -0.4 is 0 Å². The van der Waals surface area contributed by atoms with Crippen molar-refractivity contribution in [1.82, 2.24) is 0 Å². The summed E-state index contributed by atoms with van der Waals surface area (Å²) >= 11 is 0. The van der Waals surface area contributed by atoms with Crippen LogP contribution >= 0.6 is 8.03 Å². The van der Waals surface area contributed by atoms with Gasteiger partial charge in [-0.15, -0.1) is 4.52 Å². The topological polar surface area (TPSA) is 55.7 Å². The molecule has 0 aromatic heterocycles. The second kappa shape index (κ2) is 4.25. The van der Waals surface area contributed by atoms with E-state index in [1.807, 2.05) is 0 Å². The quantitative estimate of drug-likeness (QED) is 0.459. The molecule has 1 unspecified atom stereocenters. The molecule has 0 aliphatic rings. The first-order valence-corrected chi connectivity index (χ1v) is 3.80. The van der Waals surface area contributed by atoms with E-state index < -0.39 is 8.03 Å². The highest BCUT2D eigenvalue weighted by atomic mass is 31.1. The van der Waals surface area contributed by atoms with Crippen LogP contribution in [0.3, 0.4) is 0 Å². The lowest BCUT2D eigenvalue weighted by atomic mass is 10.5. The van der Waals surface area contributed by atoms with Crippen LogP contribution in [0.5, 0.6) is 0 Å². The van der Waals surface area contributed by atoms with Gasteiger partial charge in [0.25, 0.3) is 0 Å². The van der Waals surface area contributed by atoms with Gasteiger partial charge >= 0.3 is 13.5 Å². The van der Waals surface area contributed by atoms with Crippen molar-refractivity contribution in [2.75, 3.05) is 14.2 Å². The first-order chi connectivity index (χ1) is 4.63. The van der Waals surface area contributed by atoms with Gasteiger partial charge in [0.1, 0.15) is 0 Å². The van der Waals surface area contributed by atoms with E-state index in [0.29, 0.717) is 0 Å². The van der Waals surface area contributed by atoms with Crippen molar-refractivity contribution >= 4 is 19.3 Å². The molecule has 4 nitrogen and oxygen atoms in total. The van der Waals surface area contributed by atoms with Gasteiger partial charge < -0.3 is 0 Å². The van der Waals surface area contributed by atoms with E-state index in [2.05, 4.69) is 9.52 Å². The van der Waals surface area contributed by atoms with Gasteiger partial charge in [-0.05, 0) is 4.57 Å². The second-order valence-corrected chi connectivity index (χ2v) is 2.85. The molecule has 0 saturated heterocycles. The van der Waals surface area contributed by atoms with E-state index in [9.17, 15) is 9.36 Å². The lowest BCUT2D eigenvalue weighted by Crippen LogP contribution is -2.04. The number of carbonyl (C=O) groups excluding carboxylic acids is 1. The Morgan fingerprint density at radius 1 is 1.60 bits per heavy atom. The zero-order valence-electron chi connectivity index (χ0n) is 6.12. The van der Waals surface area contributed by atoms with E-state index in [0.717, 1.165) is 0 Å². The maximum atomic E-state index is 10.8. The molecule has 56 valence electrons. The van der Waals surface area contributed by atoms with Gasteiger partial charge in [-0.3, -0.25) is 4.79 Å². The van der Waals surface area contributed by atoms with E-state index >= 15 is 0 Å². The Balaban J connectivity index is 4.39. The fourth-order valence-electron chi connectivity index (χ4n) is 0.454. The summed E-state index contributed by atoms with van der Waals surface area (Å²) in [5.41, 5.74) is -0.00231. The molecule has 0 radical (unpaired) electrons. The van der Waals surface area contributed by atoms with Crippen molar-refractivity contribution in [2.24, 2.45) is 4.99 Å². The number of ketones is 1. The molecule has 0 aliphatic heterocycles. The third kappa shape index (κ3) is 2.33. The summed E-state index contributed by atoms with van der Waals surface area (Å²) in [6, 6.07) is 0. The number of Topliss-reactive ketones (excluding diaryl/α,β-unsaturated/α-hetero) is 1. The molecule has 1 atom stereocenters. The standard InChI is InChI=1S/C5H9NO3P/c1-4(7)5(6-2)10(8)9-3/h1-3H3/q+1. The van der Waals surface area contributed by atoms with Gasteiger partial charge in [0.15, 0.2) is 0 Å². The van der Waals surface area contributed by atoms with Crippen LogP contribution in [0.25, 0.3) is 0 Å². The number of aliphatic imine (C=N–C) groups is 1. The molecule has 0 N–H and O–H groups in total.